The highest BCUT2D eigenvalue weighted by molar-refractivity contribution is 7.13. The lowest BCUT2D eigenvalue weighted by atomic mass is 9.87. The molecule has 2 aliphatic rings. The molecule has 21 heavy (non-hydrogen) atoms. The molecule has 0 aromatic carbocycles. The molecule has 0 aliphatic carbocycles. The summed E-state index contributed by atoms with van der Waals surface area (Å²) in [7, 11) is 0. The van der Waals surface area contributed by atoms with E-state index in [4.69, 9.17) is 5.73 Å². The van der Waals surface area contributed by atoms with Crippen LogP contribution < -0.4 is 16.4 Å². The van der Waals surface area contributed by atoms with Gasteiger partial charge in [0.2, 0.25) is 5.91 Å². The van der Waals surface area contributed by atoms with Crippen LogP contribution in [0.25, 0.3) is 0 Å². The van der Waals surface area contributed by atoms with Crippen LogP contribution in [0.1, 0.15) is 18.5 Å². The Balaban J connectivity index is 1.59. The third kappa shape index (κ3) is 2.56. The van der Waals surface area contributed by atoms with Gasteiger partial charge < -0.3 is 16.0 Å². The maximum Gasteiger partial charge on any atom is 0.322 e. The quantitative estimate of drug-likeness (QED) is 0.635. The van der Waals surface area contributed by atoms with Crippen molar-refractivity contribution in [3.05, 3.63) is 11.1 Å². The molecule has 0 atom stereocenters. The Morgan fingerprint density at radius 1 is 1.43 bits per heavy atom. The van der Waals surface area contributed by atoms with Crippen molar-refractivity contribution in [1.29, 1.82) is 0 Å². The van der Waals surface area contributed by atoms with Crippen molar-refractivity contribution in [2.45, 2.75) is 24.8 Å². The molecule has 9 heteroatoms. The number of nitrogens with one attached hydrogen (secondary N) is 2. The van der Waals surface area contributed by atoms with Gasteiger partial charge in [-0.2, -0.15) is 0 Å². The van der Waals surface area contributed by atoms with Gasteiger partial charge >= 0.3 is 6.03 Å². The molecule has 4 amide bonds. The highest BCUT2D eigenvalue weighted by atomic mass is 32.1. The number of carbonyl (C=O) groups is 3. The Morgan fingerprint density at radius 3 is 2.67 bits per heavy atom. The van der Waals surface area contributed by atoms with E-state index in [0.29, 0.717) is 36.8 Å². The van der Waals surface area contributed by atoms with Crippen molar-refractivity contribution < 1.29 is 14.4 Å². The second-order valence-corrected chi connectivity index (χ2v) is 6.11. The van der Waals surface area contributed by atoms with E-state index >= 15 is 0 Å². The molecule has 112 valence electrons. The van der Waals surface area contributed by atoms with Crippen LogP contribution in [0.4, 0.5) is 9.93 Å². The lowest BCUT2D eigenvalue weighted by molar-refractivity contribution is -0.135. The van der Waals surface area contributed by atoms with Crippen LogP contribution in [0.5, 0.6) is 0 Å². The van der Waals surface area contributed by atoms with Crippen LogP contribution in [-0.2, 0) is 16.0 Å². The number of carbonyl (C=O) groups excluding carboxylic acids is 3. The Kier molecular flexibility index (Phi) is 3.28. The zero-order chi connectivity index (χ0) is 15.0. The summed E-state index contributed by atoms with van der Waals surface area (Å²) >= 11 is 1.30. The second kappa shape index (κ2) is 4.99. The Labute approximate surface area is 124 Å². The van der Waals surface area contributed by atoms with E-state index in [1.807, 2.05) is 0 Å². The van der Waals surface area contributed by atoms with Crippen LogP contribution in [0.15, 0.2) is 5.38 Å². The van der Waals surface area contributed by atoms with Crippen LogP contribution in [-0.4, -0.2) is 46.4 Å². The number of nitrogen functional groups attached to an aromatic ring is 1. The van der Waals surface area contributed by atoms with Gasteiger partial charge in [0.15, 0.2) is 5.13 Å². The van der Waals surface area contributed by atoms with Crippen molar-refractivity contribution in [3.8, 4) is 0 Å². The monoisotopic (exact) mass is 309 g/mol. The minimum absolute atomic E-state index is 0.0418. The van der Waals surface area contributed by atoms with E-state index in [9.17, 15) is 14.4 Å². The highest BCUT2D eigenvalue weighted by Gasteiger charge is 2.48. The largest absolute Gasteiger partial charge is 0.375 e. The number of likely N-dealkylation sites (tertiary alicyclic amines) is 1. The molecule has 0 radical (unpaired) electrons. The fourth-order valence-electron chi connectivity index (χ4n) is 2.69. The lowest BCUT2D eigenvalue weighted by Crippen LogP contribution is -2.55. The fraction of sp³-hybridized carbons (Fsp3) is 0.500. The smallest absolute Gasteiger partial charge is 0.322 e. The summed E-state index contributed by atoms with van der Waals surface area (Å²) in [4.78, 5) is 41.0. The lowest BCUT2D eigenvalue weighted by Gasteiger charge is -2.36. The average Bonchev–Trinajstić information content (AvgIpc) is 2.95. The van der Waals surface area contributed by atoms with E-state index in [2.05, 4.69) is 15.6 Å². The molecule has 2 fully saturated rings. The molecular weight excluding hydrogens is 294 g/mol. The van der Waals surface area contributed by atoms with Crippen LogP contribution in [0.2, 0.25) is 0 Å². The molecule has 0 unspecified atom stereocenters. The molecule has 1 aromatic heterocycles. The van der Waals surface area contributed by atoms with Gasteiger partial charge in [-0.25, -0.2) is 9.78 Å². The standard InChI is InChI=1S/C12H15N5O3S/c13-10-14-7(6-21-10)5-8(18)17-3-1-12(2-4-17)9(19)15-11(20)16-12/h6H,1-5H2,(H2,13,14)(H2,15,16,19,20). The van der Waals surface area contributed by atoms with Crippen molar-refractivity contribution in [2.24, 2.45) is 0 Å². The van der Waals surface area contributed by atoms with Crippen molar-refractivity contribution in [2.75, 3.05) is 18.8 Å². The van der Waals surface area contributed by atoms with Crippen LogP contribution in [0, 0.1) is 0 Å². The number of urea groups is 1. The predicted molar refractivity (Wildman–Crippen MR) is 75.4 cm³/mol. The first-order valence-electron chi connectivity index (χ1n) is 6.60. The highest BCUT2D eigenvalue weighted by Crippen LogP contribution is 2.26. The van der Waals surface area contributed by atoms with Gasteiger partial charge in [0.05, 0.1) is 12.1 Å². The first-order chi connectivity index (χ1) is 9.98. The Bertz CT molecular complexity index is 606. The van der Waals surface area contributed by atoms with Gasteiger partial charge in [-0.15, -0.1) is 11.3 Å². The normalized spacial score (nSPS) is 20.5. The number of piperidine rings is 1. The summed E-state index contributed by atoms with van der Waals surface area (Å²) in [6.45, 7) is 0.873. The number of hydrogen-bond donors (Lipinski definition) is 3. The molecule has 3 rings (SSSR count). The number of thiazole rings is 1. The summed E-state index contributed by atoms with van der Waals surface area (Å²) < 4.78 is 0. The number of amides is 4. The van der Waals surface area contributed by atoms with E-state index in [0.717, 1.165) is 0 Å². The SMILES string of the molecule is Nc1nc(CC(=O)N2CCC3(CC2)NC(=O)NC3=O)cs1. The third-order valence-corrected chi connectivity index (χ3v) is 4.61. The first-order valence-corrected chi connectivity index (χ1v) is 7.48. The fourth-order valence-corrected chi connectivity index (χ4v) is 3.25. The predicted octanol–water partition coefficient (Wildman–Crippen LogP) is -0.532. The van der Waals surface area contributed by atoms with Gasteiger partial charge in [0.25, 0.3) is 5.91 Å². The number of nitrogens with two attached hydrogens (primary N) is 1. The van der Waals surface area contributed by atoms with Crippen LogP contribution in [0.3, 0.4) is 0 Å². The minimum Gasteiger partial charge on any atom is -0.375 e. The van der Waals surface area contributed by atoms with Crippen molar-refractivity contribution >= 4 is 34.3 Å². The van der Waals surface area contributed by atoms with Gasteiger partial charge in [-0.3, -0.25) is 14.9 Å². The average molecular weight is 309 g/mol. The topological polar surface area (TPSA) is 117 Å². The zero-order valence-corrected chi connectivity index (χ0v) is 12.0. The van der Waals surface area contributed by atoms with Crippen LogP contribution >= 0.6 is 11.3 Å². The van der Waals surface area contributed by atoms with E-state index in [1.165, 1.54) is 11.3 Å². The number of aromatic nitrogens is 1. The summed E-state index contributed by atoms with van der Waals surface area (Å²) in [5.41, 5.74) is 5.35. The molecule has 1 aromatic rings. The minimum atomic E-state index is -0.848. The van der Waals surface area contributed by atoms with Crippen molar-refractivity contribution in [3.63, 3.8) is 0 Å². The number of hydrogen-bond acceptors (Lipinski definition) is 6. The van der Waals surface area contributed by atoms with E-state index < -0.39 is 11.6 Å². The van der Waals surface area contributed by atoms with Gasteiger partial charge in [-0.1, -0.05) is 0 Å². The number of nitrogens with zero attached hydrogens (tertiary/aromatic N) is 2. The van der Waals surface area contributed by atoms with Gasteiger partial charge in [0.1, 0.15) is 5.54 Å². The van der Waals surface area contributed by atoms with Gasteiger partial charge in [-0.05, 0) is 12.8 Å². The molecule has 1 spiro atoms. The summed E-state index contributed by atoms with van der Waals surface area (Å²) in [5.74, 6) is -0.341. The molecule has 3 heterocycles. The Morgan fingerprint density at radius 2 is 2.14 bits per heavy atom. The Hall–Kier alpha value is -2.16. The second-order valence-electron chi connectivity index (χ2n) is 5.22. The maximum atomic E-state index is 12.2. The molecule has 0 bridgehead atoms. The number of anilines is 1. The molecule has 8 nitrogen and oxygen atoms in total. The maximum absolute atomic E-state index is 12.2. The number of imide groups is 1. The summed E-state index contributed by atoms with van der Waals surface area (Å²) in [6, 6.07) is -0.460. The molecule has 4 N–H and O–H groups in total. The van der Waals surface area contributed by atoms with E-state index in [-0.39, 0.29) is 18.2 Å². The molecule has 2 saturated heterocycles. The molecule has 2 aliphatic heterocycles. The van der Waals surface area contributed by atoms with Gasteiger partial charge in [0, 0.05) is 18.5 Å². The number of rotatable bonds is 2. The van der Waals surface area contributed by atoms with Crippen molar-refractivity contribution in [1.82, 2.24) is 20.5 Å². The van der Waals surface area contributed by atoms with E-state index in [1.54, 1.807) is 10.3 Å². The third-order valence-electron chi connectivity index (χ3n) is 3.89. The summed E-state index contributed by atoms with van der Waals surface area (Å²) in [6.07, 6.45) is 1.06. The zero-order valence-electron chi connectivity index (χ0n) is 11.2. The molecule has 0 saturated carbocycles. The summed E-state index contributed by atoms with van der Waals surface area (Å²) in [5, 5.41) is 7.13. The first kappa shape index (κ1) is 13.8. The molecular formula is C12H15N5O3S.